The average molecular weight is 507 g/mol. The third kappa shape index (κ3) is 4.57. The molecule has 9 heteroatoms. The van der Waals surface area contributed by atoms with Gasteiger partial charge >= 0.3 is 0 Å². The summed E-state index contributed by atoms with van der Waals surface area (Å²) in [6.07, 6.45) is 3.29. The normalized spacial score (nSPS) is 11.0. The van der Waals surface area contributed by atoms with Crippen molar-refractivity contribution in [3.63, 3.8) is 0 Å². The van der Waals surface area contributed by atoms with Crippen LogP contribution in [0.25, 0.3) is 33.2 Å². The van der Waals surface area contributed by atoms with Crippen molar-refractivity contribution in [3.05, 3.63) is 96.3 Å². The topological polar surface area (TPSA) is 94.9 Å². The van der Waals surface area contributed by atoms with E-state index < -0.39 is 0 Å². The molecule has 0 spiro atoms. The molecule has 0 amide bonds. The smallest absolute Gasteiger partial charge is 0.213 e. The first-order valence-electron chi connectivity index (χ1n) is 11.4. The quantitative estimate of drug-likeness (QED) is 0.262. The molecule has 4 heterocycles. The fourth-order valence-electron chi connectivity index (χ4n) is 3.95. The van der Waals surface area contributed by atoms with Gasteiger partial charge in [0.05, 0.1) is 23.3 Å². The number of hydrogen-bond donors (Lipinski definition) is 1. The zero-order valence-corrected chi connectivity index (χ0v) is 20.3. The standard InChI is InChI=1S/C28H19ClN6O2/c1-36-25-13-12-23-27(33-25)24(14-15-30-23)37-19-9-7-18(8-10-19)32-28-21-5-3-2-4-20(21)26(34-35-28)22-11-6-17(29)16-31-22/h2-16H,1H3,(H,32,35). The van der Waals surface area contributed by atoms with Crippen molar-refractivity contribution in [2.24, 2.45) is 0 Å². The minimum atomic E-state index is 0.496. The third-order valence-corrected chi connectivity index (χ3v) is 5.96. The largest absolute Gasteiger partial charge is 0.481 e. The summed E-state index contributed by atoms with van der Waals surface area (Å²) in [7, 11) is 1.58. The number of rotatable bonds is 6. The van der Waals surface area contributed by atoms with Crippen LogP contribution in [0.3, 0.4) is 0 Å². The average Bonchev–Trinajstić information content (AvgIpc) is 2.95. The highest BCUT2D eigenvalue weighted by molar-refractivity contribution is 6.30. The molecule has 4 aromatic heterocycles. The Kier molecular flexibility index (Phi) is 5.92. The van der Waals surface area contributed by atoms with Crippen molar-refractivity contribution in [2.75, 3.05) is 12.4 Å². The number of nitrogens with zero attached hydrogens (tertiary/aromatic N) is 5. The molecule has 1 N–H and O–H groups in total. The van der Waals surface area contributed by atoms with Crippen LogP contribution < -0.4 is 14.8 Å². The molecule has 0 saturated heterocycles. The molecule has 0 saturated carbocycles. The number of halogens is 1. The molecule has 0 atom stereocenters. The van der Waals surface area contributed by atoms with E-state index in [2.05, 4.69) is 30.5 Å². The number of benzene rings is 2. The molecule has 180 valence electrons. The molecule has 0 radical (unpaired) electrons. The first kappa shape index (κ1) is 22.6. The first-order valence-corrected chi connectivity index (χ1v) is 11.8. The predicted octanol–water partition coefficient (Wildman–Crippen LogP) is 6.83. The summed E-state index contributed by atoms with van der Waals surface area (Å²) >= 11 is 6.00. The van der Waals surface area contributed by atoms with Gasteiger partial charge in [0.2, 0.25) is 5.88 Å². The van der Waals surface area contributed by atoms with Gasteiger partial charge in [0.15, 0.2) is 11.6 Å². The maximum Gasteiger partial charge on any atom is 0.213 e. The Morgan fingerprint density at radius 2 is 1.65 bits per heavy atom. The van der Waals surface area contributed by atoms with Gasteiger partial charge in [-0.25, -0.2) is 4.98 Å². The van der Waals surface area contributed by atoms with Gasteiger partial charge in [-0.1, -0.05) is 35.9 Å². The van der Waals surface area contributed by atoms with E-state index in [1.807, 2.05) is 60.7 Å². The highest BCUT2D eigenvalue weighted by atomic mass is 35.5. The van der Waals surface area contributed by atoms with Gasteiger partial charge in [-0.2, -0.15) is 0 Å². The zero-order valence-electron chi connectivity index (χ0n) is 19.6. The van der Waals surface area contributed by atoms with E-state index in [1.165, 1.54) is 0 Å². The summed E-state index contributed by atoms with van der Waals surface area (Å²) in [4.78, 5) is 13.2. The highest BCUT2D eigenvalue weighted by Crippen LogP contribution is 2.32. The number of fused-ring (bicyclic) bond motifs is 2. The molecular formula is C28H19ClN6O2. The van der Waals surface area contributed by atoms with Crippen LogP contribution in [0.5, 0.6) is 17.4 Å². The van der Waals surface area contributed by atoms with E-state index in [0.717, 1.165) is 22.0 Å². The Labute approximate surface area is 216 Å². The van der Waals surface area contributed by atoms with Crippen molar-refractivity contribution >= 4 is 44.9 Å². The van der Waals surface area contributed by atoms with E-state index >= 15 is 0 Å². The third-order valence-electron chi connectivity index (χ3n) is 5.73. The van der Waals surface area contributed by atoms with Crippen LogP contribution in [-0.2, 0) is 0 Å². The fourth-order valence-corrected chi connectivity index (χ4v) is 4.06. The Morgan fingerprint density at radius 3 is 2.43 bits per heavy atom. The summed E-state index contributed by atoms with van der Waals surface area (Å²) in [6.45, 7) is 0. The van der Waals surface area contributed by atoms with Crippen LogP contribution in [0, 0.1) is 0 Å². The van der Waals surface area contributed by atoms with Crippen LogP contribution in [-0.4, -0.2) is 32.3 Å². The molecule has 0 aliphatic heterocycles. The molecule has 2 aromatic carbocycles. The van der Waals surface area contributed by atoms with Gasteiger partial charge < -0.3 is 14.8 Å². The summed E-state index contributed by atoms with van der Waals surface area (Å²) in [5, 5.41) is 14.7. The lowest BCUT2D eigenvalue weighted by atomic mass is 10.1. The monoisotopic (exact) mass is 506 g/mol. The first-order chi connectivity index (χ1) is 18.2. The van der Waals surface area contributed by atoms with Crippen LogP contribution in [0.4, 0.5) is 11.5 Å². The van der Waals surface area contributed by atoms with Gasteiger partial charge in [-0.3, -0.25) is 9.97 Å². The lowest BCUT2D eigenvalue weighted by Crippen LogP contribution is -2.00. The number of hydrogen-bond acceptors (Lipinski definition) is 8. The molecule has 0 bridgehead atoms. The number of ether oxygens (including phenoxy) is 2. The van der Waals surface area contributed by atoms with Crippen molar-refractivity contribution in [2.45, 2.75) is 0 Å². The molecule has 6 rings (SSSR count). The lowest BCUT2D eigenvalue weighted by molar-refractivity contribution is 0.399. The van der Waals surface area contributed by atoms with E-state index in [4.69, 9.17) is 21.1 Å². The SMILES string of the molecule is COc1ccc2nccc(Oc3ccc(Nc4nnc(-c5ccc(Cl)cn5)c5ccccc45)cc3)c2n1. The molecule has 8 nitrogen and oxygen atoms in total. The van der Waals surface area contributed by atoms with E-state index in [1.54, 1.807) is 37.7 Å². The van der Waals surface area contributed by atoms with Crippen molar-refractivity contribution in [1.29, 1.82) is 0 Å². The molecule has 37 heavy (non-hydrogen) atoms. The summed E-state index contributed by atoms with van der Waals surface area (Å²) in [5.74, 6) is 2.38. The Bertz CT molecular complexity index is 1730. The molecule has 6 aromatic rings. The minimum absolute atomic E-state index is 0.496. The van der Waals surface area contributed by atoms with Crippen molar-refractivity contribution in [1.82, 2.24) is 25.1 Å². The number of anilines is 2. The Morgan fingerprint density at radius 1 is 0.811 bits per heavy atom. The second kappa shape index (κ2) is 9.67. The lowest BCUT2D eigenvalue weighted by Gasteiger charge is -2.12. The van der Waals surface area contributed by atoms with E-state index in [0.29, 0.717) is 45.1 Å². The molecule has 0 unspecified atom stereocenters. The number of methoxy groups -OCH3 is 1. The van der Waals surface area contributed by atoms with Gasteiger partial charge in [0, 0.05) is 41.0 Å². The minimum Gasteiger partial charge on any atom is -0.481 e. The van der Waals surface area contributed by atoms with Crippen LogP contribution in [0.15, 0.2) is 91.3 Å². The van der Waals surface area contributed by atoms with Gasteiger partial charge in [-0.05, 0) is 42.5 Å². The second-order valence-corrected chi connectivity index (χ2v) is 8.52. The summed E-state index contributed by atoms with van der Waals surface area (Å²) in [5.41, 5.74) is 3.58. The molecule has 0 fully saturated rings. The van der Waals surface area contributed by atoms with Gasteiger partial charge in [0.25, 0.3) is 0 Å². The number of pyridine rings is 3. The Balaban J connectivity index is 1.27. The molecule has 0 aliphatic rings. The van der Waals surface area contributed by atoms with Crippen LogP contribution in [0.2, 0.25) is 5.02 Å². The zero-order chi connectivity index (χ0) is 25.2. The van der Waals surface area contributed by atoms with Crippen molar-refractivity contribution in [3.8, 4) is 28.8 Å². The summed E-state index contributed by atoms with van der Waals surface area (Å²) < 4.78 is 11.4. The summed E-state index contributed by atoms with van der Waals surface area (Å²) in [6, 6.07) is 24.5. The molecular weight excluding hydrogens is 488 g/mol. The van der Waals surface area contributed by atoms with Crippen LogP contribution in [0.1, 0.15) is 0 Å². The van der Waals surface area contributed by atoms with E-state index in [-0.39, 0.29) is 0 Å². The maximum absolute atomic E-state index is 6.11. The van der Waals surface area contributed by atoms with Gasteiger partial charge in [0.1, 0.15) is 17.0 Å². The number of aromatic nitrogens is 5. The highest BCUT2D eigenvalue weighted by Gasteiger charge is 2.13. The Hall–Kier alpha value is -4.82. The van der Waals surface area contributed by atoms with Crippen molar-refractivity contribution < 1.29 is 9.47 Å². The van der Waals surface area contributed by atoms with Crippen LogP contribution >= 0.6 is 11.6 Å². The second-order valence-electron chi connectivity index (χ2n) is 8.09. The van der Waals surface area contributed by atoms with Gasteiger partial charge in [-0.15, -0.1) is 10.2 Å². The fraction of sp³-hybridized carbons (Fsp3) is 0.0357. The predicted molar refractivity (Wildman–Crippen MR) is 144 cm³/mol. The maximum atomic E-state index is 6.11. The number of nitrogens with one attached hydrogen (secondary N) is 1. The molecule has 0 aliphatic carbocycles. The van der Waals surface area contributed by atoms with E-state index in [9.17, 15) is 0 Å².